The molecule has 2 aromatic rings. The lowest BCUT2D eigenvalue weighted by atomic mass is 9.79. The highest BCUT2D eigenvalue weighted by atomic mass is 16.7. The number of carbonyl (C=O) groups is 1. The van der Waals surface area contributed by atoms with E-state index in [0.717, 1.165) is 24.1 Å². The highest BCUT2D eigenvalue weighted by Gasteiger charge is 2.49. The first-order valence-electron chi connectivity index (χ1n) is 7.93. The summed E-state index contributed by atoms with van der Waals surface area (Å²) in [5, 5.41) is 1.95. The number of hydroxylamine groups is 1. The third kappa shape index (κ3) is 2.22. The van der Waals surface area contributed by atoms with Crippen LogP contribution in [0.1, 0.15) is 30.9 Å². The number of fused-ring (bicyclic) bond motifs is 1. The highest BCUT2D eigenvalue weighted by molar-refractivity contribution is 5.84. The molecule has 0 aromatic heterocycles. The van der Waals surface area contributed by atoms with Crippen molar-refractivity contribution in [2.45, 2.75) is 31.4 Å². The van der Waals surface area contributed by atoms with Crippen LogP contribution in [0.4, 0.5) is 5.69 Å². The van der Waals surface area contributed by atoms with E-state index < -0.39 is 0 Å². The maximum Gasteiger partial charge on any atom is 0.141 e. The fourth-order valence-corrected chi connectivity index (χ4v) is 3.68. The number of anilines is 1. The van der Waals surface area contributed by atoms with E-state index in [1.165, 1.54) is 0 Å². The van der Waals surface area contributed by atoms with Gasteiger partial charge in [0.05, 0.1) is 23.8 Å². The summed E-state index contributed by atoms with van der Waals surface area (Å²) < 4.78 is 0. The predicted octanol–water partition coefficient (Wildman–Crippen LogP) is 3.92. The van der Waals surface area contributed by atoms with Crippen LogP contribution in [0.5, 0.6) is 0 Å². The first-order valence-corrected chi connectivity index (χ1v) is 7.93. The minimum Gasteiger partial charge on any atom is -0.299 e. The molecular formula is C19H19NO2. The predicted molar refractivity (Wildman–Crippen MR) is 85.3 cm³/mol. The van der Waals surface area contributed by atoms with Crippen molar-refractivity contribution in [3.8, 4) is 0 Å². The Morgan fingerprint density at radius 3 is 2.36 bits per heavy atom. The van der Waals surface area contributed by atoms with Crippen molar-refractivity contribution in [3.05, 3.63) is 66.2 Å². The third-order valence-electron chi connectivity index (χ3n) is 4.68. The van der Waals surface area contributed by atoms with Gasteiger partial charge in [-0.1, -0.05) is 48.5 Å². The van der Waals surface area contributed by atoms with E-state index in [4.69, 9.17) is 4.84 Å². The van der Waals surface area contributed by atoms with Gasteiger partial charge < -0.3 is 0 Å². The highest BCUT2D eigenvalue weighted by Crippen LogP contribution is 2.46. The maximum absolute atomic E-state index is 12.5. The van der Waals surface area contributed by atoms with Crippen molar-refractivity contribution in [3.63, 3.8) is 0 Å². The summed E-state index contributed by atoms with van der Waals surface area (Å²) in [6.45, 7) is 0. The summed E-state index contributed by atoms with van der Waals surface area (Å²) in [5.41, 5.74) is 2.16. The molecule has 0 N–H and O–H groups in total. The van der Waals surface area contributed by atoms with Crippen molar-refractivity contribution in [1.82, 2.24) is 0 Å². The van der Waals surface area contributed by atoms with Crippen LogP contribution in [-0.4, -0.2) is 11.9 Å². The van der Waals surface area contributed by atoms with Gasteiger partial charge in [0.25, 0.3) is 0 Å². The summed E-state index contributed by atoms with van der Waals surface area (Å²) in [6, 6.07) is 20.3. The first kappa shape index (κ1) is 13.5. The Labute approximate surface area is 130 Å². The average molecular weight is 293 g/mol. The van der Waals surface area contributed by atoms with Gasteiger partial charge in [-0.3, -0.25) is 9.63 Å². The Morgan fingerprint density at radius 2 is 1.64 bits per heavy atom. The second-order valence-electron chi connectivity index (χ2n) is 6.05. The second-order valence-corrected chi connectivity index (χ2v) is 6.05. The van der Waals surface area contributed by atoms with Crippen molar-refractivity contribution < 1.29 is 9.63 Å². The summed E-state index contributed by atoms with van der Waals surface area (Å²) in [7, 11) is 0. The number of hydrogen-bond donors (Lipinski definition) is 0. The van der Waals surface area contributed by atoms with Crippen LogP contribution in [0.15, 0.2) is 60.7 Å². The number of hydrogen-bond acceptors (Lipinski definition) is 3. The Hall–Kier alpha value is -2.13. The van der Waals surface area contributed by atoms with Gasteiger partial charge in [0.15, 0.2) is 0 Å². The molecule has 1 saturated heterocycles. The van der Waals surface area contributed by atoms with Crippen molar-refractivity contribution >= 4 is 11.5 Å². The Kier molecular flexibility index (Phi) is 3.43. The topological polar surface area (TPSA) is 29.5 Å². The van der Waals surface area contributed by atoms with Gasteiger partial charge in [-0.25, -0.2) is 5.06 Å². The largest absolute Gasteiger partial charge is 0.299 e. The molecule has 0 unspecified atom stereocenters. The van der Waals surface area contributed by atoms with Crippen LogP contribution in [0.3, 0.4) is 0 Å². The van der Waals surface area contributed by atoms with E-state index >= 15 is 0 Å². The van der Waals surface area contributed by atoms with Gasteiger partial charge in [-0.05, 0) is 30.5 Å². The summed E-state index contributed by atoms with van der Waals surface area (Å²) >= 11 is 0. The second kappa shape index (κ2) is 5.58. The van der Waals surface area contributed by atoms with E-state index in [9.17, 15) is 4.79 Å². The molecule has 2 aromatic carbocycles. The number of Topliss-reactive ketones (excluding diaryl/α,β-unsaturated/α-hetero) is 1. The zero-order valence-corrected chi connectivity index (χ0v) is 12.4. The number of nitrogens with zero attached hydrogens (tertiary/aromatic N) is 1. The summed E-state index contributed by atoms with van der Waals surface area (Å²) in [6.07, 6.45) is 2.58. The van der Waals surface area contributed by atoms with Crippen LogP contribution in [0.2, 0.25) is 0 Å². The Morgan fingerprint density at radius 1 is 0.955 bits per heavy atom. The van der Waals surface area contributed by atoms with Crippen molar-refractivity contribution in [2.24, 2.45) is 5.92 Å². The molecule has 1 aliphatic heterocycles. The van der Waals surface area contributed by atoms with Gasteiger partial charge in [-0.2, -0.15) is 0 Å². The maximum atomic E-state index is 12.5. The third-order valence-corrected chi connectivity index (χ3v) is 4.68. The molecule has 112 valence electrons. The number of benzene rings is 2. The van der Waals surface area contributed by atoms with Gasteiger partial charge >= 0.3 is 0 Å². The van der Waals surface area contributed by atoms with Gasteiger partial charge in [-0.15, -0.1) is 0 Å². The molecule has 3 nitrogen and oxygen atoms in total. The van der Waals surface area contributed by atoms with Gasteiger partial charge in [0.2, 0.25) is 0 Å². The molecule has 2 aliphatic rings. The number of rotatable bonds is 2. The summed E-state index contributed by atoms with van der Waals surface area (Å²) in [4.78, 5) is 18.7. The summed E-state index contributed by atoms with van der Waals surface area (Å²) in [5.74, 6) is 0.278. The molecular weight excluding hydrogens is 274 g/mol. The normalized spacial score (nSPS) is 27.7. The fourth-order valence-electron chi connectivity index (χ4n) is 3.68. The monoisotopic (exact) mass is 293 g/mol. The molecule has 2 fully saturated rings. The van der Waals surface area contributed by atoms with Gasteiger partial charge in [0.1, 0.15) is 5.78 Å². The first-order chi connectivity index (χ1) is 10.8. The minimum absolute atomic E-state index is 0.00617. The van der Waals surface area contributed by atoms with E-state index in [2.05, 4.69) is 12.1 Å². The molecule has 4 rings (SSSR count). The quantitative estimate of drug-likeness (QED) is 0.840. The molecule has 0 amide bonds. The van der Waals surface area contributed by atoms with Crippen LogP contribution in [0.25, 0.3) is 0 Å². The minimum atomic E-state index is -0.0589. The molecule has 1 heterocycles. The molecule has 0 spiro atoms. The lowest BCUT2D eigenvalue weighted by Crippen LogP contribution is -2.32. The average Bonchev–Trinajstić information content (AvgIpc) is 2.97. The number of carbonyl (C=O) groups excluding carboxylic acids is 1. The molecule has 22 heavy (non-hydrogen) atoms. The van der Waals surface area contributed by atoms with Crippen LogP contribution in [-0.2, 0) is 9.63 Å². The molecule has 1 aliphatic carbocycles. The Bertz CT molecular complexity index is 656. The SMILES string of the molecule is O=C1CCC[C@@H]2ON(c3ccccc3)[C@@H](c3ccccc3)[C@@H]12. The van der Waals surface area contributed by atoms with Gasteiger partial charge in [0, 0.05) is 6.42 Å². The van der Waals surface area contributed by atoms with Crippen LogP contribution < -0.4 is 5.06 Å². The van der Waals surface area contributed by atoms with E-state index in [0.29, 0.717) is 12.2 Å². The van der Waals surface area contributed by atoms with E-state index in [1.54, 1.807) is 0 Å². The number of para-hydroxylation sites is 1. The lowest BCUT2D eigenvalue weighted by molar-refractivity contribution is -0.127. The Balaban J connectivity index is 1.78. The van der Waals surface area contributed by atoms with Crippen molar-refractivity contribution in [2.75, 3.05) is 5.06 Å². The molecule has 1 saturated carbocycles. The fraction of sp³-hybridized carbons (Fsp3) is 0.316. The smallest absolute Gasteiger partial charge is 0.141 e. The van der Waals surface area contributed by atoms with Crippen LogP contribution in [0, 0.1) is 5.92 Å². The lowest BCUT2D eigenvalue weighted by Gasteiger charge is -2.27. The van der Waals surface area contributed by atoms with Crippen LogP contribution >= 0.6 is 0 Å². The number of ketones is 1. The zero-order chi connectivity index (χ0) is 14.9. The van der Waals surface area contributed by atoms with E-state index in [1.807, 2.05) is 53.6 Å². The van der Waals surface area contributed by atoms with Crippen molar-refractivity contribution in [1.29, 1.82) is 0 Å². The molecule has 0 radical (unpaired) electrons. The molecule has 3 atom stereocenters. The molecule has 3 heteroatoms. The van der Waals surface area contributed by atoms with E-state index in [-0.39, 0.29) is 18.1 Å². The zero-order valence-electron chi connectivity index (χ0n) is 12.4. The standard InChI is InChI=1S/C19H19NO2/c21-16-12-7-13-17-18(16)19(14-8-3-1-4-9-14)20(22-17)15-10-5-2-6-11-15/h1-6,8-11,17-19H,7,12-13H2/t17-,18-,19-/m0/s1. The molecule has 0 bridgehead atoms.